The summed E-state index contributed by atoms with van der Waals surface area (Å²) in [7, 11) is 4.84. The first-order valence-corrected chi connectivity index (χ1v) is 17.0. The number of carbonyl (C=O) groups is 3. The average molecular weight is 659 g/mol. The zero-order valence-corrected chi connectivity index (χ0v) is 28.1. The molecule has 0 heterocycles. The van der Waals surface area contributed by atoms with Crippen molar-refractivity contribution in [3.63, 3.8) is 0 Å². The number of methoxy groups -OCH3 is 1. The van der Waals surface area contributed by atoms with Gasteiger partial charge in [-0.2, -0.15) is 0 Å². The maximum absolute atomic E-state index is 14.2. The lowest BCUT2D eigenvalue weighted by atomic mass is 9.57. The fourth-order valence-electron chi connectivity index (χ4n) is 9.06. The number of fused-ring (bicyclic) bond motifs is 3. The Morgan fingerprint density at radius 3 is 2.35 bits per heavy atom. The summed E-state index contributed by atoms with van der Waals surface area (Å²) in [6, 6.07) is 8.15. The van der Waals surface area contributed by atoms with Gasteiger partial charge in [0.15, 0.2) is 11.4 Å². The number of aliphatic hydroxyl groups excluding tert-OH is 2. The van der Waals surface area contributed by atoms with Crippen LogP contribution in [-0.4, -0.2) is 75.6 Å². The molecule has 0 bridgehead atoms. The number of aromatic hydroxyl groups is 1. The van der Waals surface area contributed by atoms with Crippen LogP contribution in [0.25, 0.3) is 16.9 Å². The molecule has 4 atom stereocenters. The van der Waals surface area contributed by atoms with E-state index in [1.807, 2.05) is 12.1 Å². The van der Waals surface area contributed by atoms with Gasteiger partial charge in [0.1, 0.15) is 28.6 Å². The van der Waals surface area contributed by atoms with E-state index in [2.05, 4.69) is 13.0 Å². The molecule has 4 aliphatic carbocycles. The fraction of sp³-hybridized carbons (Fsp3) is 0.500. The van der Waals surface area contributed by atoms with Crippen LogP contribution in [-0.2, 0) is 27.2 Å². The molecule has 6 rings (SSSR count). The number of hydrogen-bond acceptors (Lipinski definition) is 9. The first-order chi connectivity index (χ1) is 22.8. The quantitative estimate of drug-likeness (QED) is 0.250. The summed E-state index contributed by atoms with van der Waals surface area (Å²) in [5.41, 5.74) is 5.23. The minimum atomic E-state index is -2.67. The van der Waals surface area contributed by atoms with E-state index in [-0.39, 0.29) is 29.7 Å². The predicted molar refractivity (Wildman–Crippen MR) is 180 cm³/mol. The lowest BCUT2D eigenvalue weighted by Gasteiger charge is -2.50. The first-order valence-electron chi connectivity index (χ1n) is 17.0. The Labute approximate surface area is 280 Å². The second kappa shape index (κ2) is 12.7. The molecule has 0 saturated heterocycles. The molecule has 10 heteroatoms. The second-order valence-corrected chi connectivity index (χ2v) is 14.4. The summed E-state index contributed by atoms with van der Waals surface area (Å²) in [4.78, 5) is 41.3. The Balaban J connectivity index is 1.42. The molecule has 2 aromatic carbocycles. The number of amides is 1. The summed E-state index contributed by atoms with van der Waals surface area (Å²) in [5, 5.41) is 45.7. The van der Waals surface area contributed by atoms with Crippen LogP contribution in [0, 0.1) is 23.7 Å². The summed E-state index contributed by atoms with van der Waals surface area (Å²) in [6.45, 7) is 2.24. The Bertz CT molecular complexity index is 1730. The van der Waals surface area contributed by atoms with Gasteiger partial charge in [0.05, 0.1) is 18.7 Å². The van der Waals surface area contributed by atoms with E-state index in [1.165, 1.54) is 49.5 Å². The number of aliphatic hydroxyl groups is 3. The van der Waals surface area contributed by atoms with Crippen molar-refractivity contribution in [1.29, 1.82) is 0 Å². The predicted octanol–water partition coefficient (Wildman–Crippen LogP) is 4.79. The van der Waals surface area contributed by atoms with Gasteiger partial charge in [-0.15, -0.1) is 0 Å². The molecule has 6 N–H and O–H groups in total. The number of likely N-dealkylation sites (N-methyl/N-ethyl adjacent to an activating group) is 1. The number of carbonyl (C=O) groups excluding carboxylic acids is 3. The molecule has 2 fully saturated rings. The number of hydrogen-bond donors (Lipinski definition) is 5. The number of benzene rings is 2. The number of nitrogens with two attached hydrogens (primary N) is 1. The van der Waals surface area contributed by atoms with Gasteiger partial charge in [0.2, 0.25) is 5.78 Å². The highest BCUT2D eigenvalue weighted by Crippen LogP contribution is 2.54. The van der Waals surface area contributed by atoms with Crippen LogP contribution in [0.15, 0.2) is 47.2 Å². The van der Waals surface area contributed by atoms with E-state index in [9.17, 15) is 34.8 Å². The van der Waals surface area contributed by atoms with Gasteiger partial charge in [-0.3, -0.25) is 19.3 Å². The van der Waals surface area contributed by atoms with Gasteiger partial charge >= 0.3 is 0 Å². The standard InChI is InChI=1S/C38H46N2O8/c1-5-6-19-7-9-20(10-8-19)15-22-16-21(11-14-28(22)48-4)24-12-13-27(41)30-25(24)17-23-18-26-32(40(2)3)34(43)31(37(39)46)36(45)38(26,47)35(44)29(23)33(30)42/h11-14,16,19-20,23,26,32,41-42,45,47H,5-10,15,17-18H2,1-4H3,(H2,39,46)/t19?,20?,23-,26-,32-,38-/m0/s1. The van der Waals surface area contributed by atoms with Gasteiger partial charge < -0.3 is 30.9 Å². The summed E-state index contributed by atoms with van der Waals surface area (Å²) < 4.78 is 5.76. The maximum Gasteiger partial charge on any atom is 0.255 e. The van der Waals surface area contributed by atoms with Gasteiger partial charge in [0, 0.05) is 11.5 Å². The number of Topliss-reactive ketones (excluding diaryl/α,β-unsaturated/α-hetero) is 2. The van der Waals surface area contributed by atoms with Crippen molar-refractivity contribution < 1.29 is 39.5 Å². The molecule has 0 radical (unpaired) electrons. The van der Waals surface area contributed by atoms with Gasteiger partial charge in [-0.1, -0.05) is 44.7 Å². The lowest BCUT2D eigenvalue weighted by molar-refractivity contribution is -0.153. The van der Waals surface area contributed by atoms with E-state index in [4.69, 9.17) is 10.5 Å². The van der Waals surface area contributed by atoms with Gasteiger partial charge in [-0.05, 0) is 104 Å². The van der Waals surface area contributed by atoms with Crippen LogP contribution in [0.4, 0.5) is 0 Å². The molecule has 256 valence electrons. The molecule has 0 unspecified atom stereocenters. The van der Waals surface area contributed by atoms with Crippen molar-refractivity contribution in [3.8, 4) is 22.6 Å². The van der Waals surface area contributed by atoms with Crippen LogP contribution >= 0.6 is 0 Å². The van der Waals surface area contributed by atoms with E-state index < -0.39 is 58.0 Å². The third-order valence-electron chi connectivity index (χ3n) is 11.4. The molecule has 1 amide bonds. The molecule has 48 heavy (non-hydrogen) atoms. The third-order valence-corrected chi connectivity index (χ3v) is 11.4. The molecule has 0 spiro atoms. The average Bonchev–Trinajstić information content (AvgIpc) is 3.03. The molecule has 2 aromatic rings. The van der Waals surface area contributed by atoms with E-state index in [0.29, 0.717) is 11.5 Å². The molecular formula is C38H46N2O8. The Hall–Kier alpha value is -4.15. The largest absolute Gasteiger partial charge is 0.508 e. The van der Waals surface area contributed by atoms with Crippen LogP contribution in [0.2, 0.25) is 0 Å². The Morgan fingerprint density at radius 2 is 1.73 bits per heavy atom. The minimum Gasteiger partial charge on any atom is -0.508 e. The van der Waals surface area contributed by atoms with Crippen LogP contribution in [0.5, 0.6) is 11.5 Å². The highest BCUT2D eigenvalue weighted by molar-refractivity contribution is 6.24. The minimum absolute atomic E-state index is 0.0371. The van der Waals surface area contributed by atoms with E-state index in [1.54, 1.807) is 27.3 Å². The van der Waals surface area contributed by atoms with Crippen LogP contribution < -0.4 is 10.5 Å². The smallest absolute Gasteiger partial charge is 0.255 e. The molecular weight excluding hydrogens is 612 g/mol. The molecule has 10 nitrogen and oxygen atoms in total. The monoisotopic (exact) mass is 658 g/mol. The molecule has 0 aromatic heterocycles. The zero-order valence-electron chi connectivity index (χ0n) is 28.1. The normalized spacial score (nSPS) is 28.7. The summed E-state index contributed by atoms with van der Waals surface area (Å²) in [5.74, 6) is -4.49. The topological polar surface area (TPSA) is 171 Å². The summed E-state index contributed by atoms with van der Waals surface area (Å²) >= 11 is 0. The number of rotatable bonds is 8. The van der Waals surface area contributed by atoms with E-state index >= 15 is 0 Å². The van der Waals surface area contributed by atoms with Gasteiger partial charge in [-0.25, -0.2) is 0 Å². The SMILES string of the molecule is CCCC1CCC(Cc2cc(-c3ccc(O)c4c3C[C@H]3C[C@H]5[C@H](N(C)C)C(=O)C(C(N)=O)=C(O)[C@@]5(O)C(=O)C3=C4O)ccc2OC)CC1. The van der Waals surface area contributed by atoms with E-state index in [0.717, 1.165) is 34.8 Å². The number of ether oxygens (including phenoxy) is 1. The van der Waals surface area contributed by atoms with Gasteiger partial charge in [0.25, 0.3) is 5.91 Å². The van der Waals surface area contributed by atoms with Crippen molar-refractivity contribution in [3.05, 3.63) is 63.9 Å². The number of phenolic OH excluding ortho intramolecular Hbond substituents is 1. The number of primary amides is 1. The van der Waals surface area contributed by atoms with Crippen LogP contribution in [0.1, 0.15) is 68.6 Å². The number of nitrogens with zero attached hydrogens (tertiary/aromatic N) is 1. The summed E-state index contributed by atoms with van der Waals surface area (Å²) in [6.07, 6.45) is 8.49. The molecule has 2 saturated carbocycles. The van der Waals surface area contributed by atoms with Crippen molar-refractivity contribution >= 4 is 23.2 Å². The Kier molecular flexibility index (Phi) is 8.93. The van der Waals surface area contributed by atoms with Crippen molar-refractivity contribution in [2.24, 2.45) is 29.4 Å². The highest BCUT2D eigenvalue weighted by atomic mass is 16.5. The van der Waals surface area contributed by atoms with Crippen molar-refractivity contribution in [2.75, 3.05) is 21.2 Å². The Morgan fingerprint density at radius 1 is 1.04 bits per heavy atom. The lowest BCUT2D eigenvalue weighted by Crippen LogP contribution is -2.65. The van der Waals surface area contributed by atoms with Crippen molar-refractivity contribution in [2.45, 2.75) is 76.4 Å². The van der Waals surface area contributed by atoms with Crippen LogP contribution in [0.3, 0.4) is 0 Å². The number of ketones is 2. The molecule has 4 aliphatic rings. The third kappa shape index (κ3) is 5.29. The van der Waals surface area contributed by atoms with Crippen molar-refractivity contribution in [1.82, 2.24) is 4.90 Å². The second-order valence-electron chi connectivity index (χ2n) is 14.4. The maximum atomic E-state index is 14.2. The fourth-order valence-corrected chi connectivity index (χ4v) is 9.06. The zero-order chi connectivity index (χ0) is 34.7. The molecule has 0 aliphatic heterocycles. The highest BCUT2D eigenvalue weighted by Gasteiger charge is 2.64. The number of phenols is 1. The first kappa shape index (κ1) is 33.7.